The summed E-state index contributed by atoms with van der Waals surface area (Å²) in [5.74, 6) is -0.110. The molecular weight excluding hydrogens is 190 g/mol. The molecule has 4 heteroatoms. The van der Waals surface area contributed by atoms with E-state index >= 15 is 0 Å². The minimum atomic E-state index is -0.266. The molecule has 0 saturated heterocycles. The minimum absolute atomic E-state index is 0.156. The van der Waals surface area contributed by atoms with Gasteiger partial charge >= 0.3 is 0 Å². The maximum absolute atomic E-state index is 11.5. The van der Waals surface area contributed by atoms with Gasteiger partial charge in [0.15, 0.2) is 0 Å². The highest BCUT2D eigenvalue weighted by atomic mass is 16.2. The standard InChI is InChI=1S/C11H17N3O/c1-4-5-6-8-9(12)10(7(2)3)13-14-11(8)15/h6-7,12H,4-5H2,1-3H3,(H,14,15)/b8-6+,12-9?. The summed E-state index contributed by atoms with van der Waals surface area (Å²) in [7, 11) is 0. The first-order valence-corrected chi connectivity index (χ1v) is 5.25. The van der Waals surface area contributed by atoms with Gasteiger partial charge in [-0.2, -0.15) is 5.10 Å². The third-order valence-electron chi connectivity index (χ3n) is 2.23. The van der Waals surface area contributed by atoms with Crippen molar-refractivity contribution in [3.63, 3.8) is 0 Å². The monoisotopic (exact) mass is 207 g/mol. The molecule has 1 aliphatic rings. The number of carbonyl (C=O) groups excluding carboxylic acids is 1. The van der Waals surface area contributed by atoms with Crippen LogP contribution >= 0.6 is 0 Å². The smallest absolute Gasteiger partial charge is 0.273 e. The van der Waals surface area contributed by atoms with E-state index in [0.29, 0.717) is 11.3 Å². The van der Waals surface area contributed by atoms with Crippen molar-refractivity contribution in [3.05, 3.63) is 11.6 Å². The van der Waals surface area contributed by atoms with Gasteiger partial charge < -0.3 is 0 Å². The van der Waals surface area contributed by atoms with Gasteiger partial charge in [-0.25, -0.2) is 5.43 Å². The van der Waals surface area contributed by atoms with E-state index in [1.165, 1.54) is 0 Å². The Balaban J connectivity index is 2.96. The van der Waals surface area contributed by atoms with E-state index in [0.717, 1.165) is 12.8 Å². The van der Waals surface area contributed by atoms with Crippen molar-refractivity contribution in [2.45, 2.75) is 33.6 Å². The summed E-state index contributed by atoms with van der Waals surface area (Å²) in [6, 6.07) is 0. The van der Waals surface area contributed by atoms with Crippen molar-refractivity contribution in [3.8, 4) is 0 Å². The van der Waals surface area contributed by atoms with Crippen LogP contribution in [0.25, 0.3) is 0 Å². The zero-order chi connectivity index (χ0) is 11.4. The molecule has 0 aromatic heterocycles. The predicted molar refractivity (Wildman–Crippen MR) is 61.1 cm³/mol. The van der Waals surface area contributed by atoms with Crippen molar-refractivity contribution in [2.24, 2.45) is 11.0 Å². The summed E-state index contributed by atoms with van der Waals surface area (Å²) in [6.07, 6.45) is 3.60. The molecule has 0 aliphatic carbocycles. The van der Waals surface area contributed by atoms with Crippen molar-refractivity contribution in [1.29, 1.82) is 5.41 Å². The molecule has 15 heavy (non-hydrogen) atoms. The second-order valence-electron chi connectivity index (χ2n) is 3.87. The van der Waals surface area contributed by atoms with Crippen LogP contribution in [0.5, 0.6) is 0 Å². The van der Waals surface area contributed by atoms with Crippen molar-refractivity contribution < 1.29 is 4.79 Å². The Kier molecular flexibility index (Phi) is 3.77. The SMILES string of the molecule is CCC/C=C1\C(=N)C(C(C)C)=NNC1=O. The van der Waals surface area contributed by atoms with Gasteiger partial charge in [-0.1, -0.05) is 33.3 Å². The lowest BCUT2D eigenvalue weighted by atomic mass is 9.95. The molecule has 0 bridgehead atoms. The van der Waals surface area contributed by atoms with E-state index in [-0.39, 0.29) is 17.5 Å². The van der Waals surface area contributed by atoms with Crippen LogP contribution in [0.4, 0.5) is 0 Å². The lowest BCUT2D eigenvalue weighted by molar-refractivity contribution is -0.117. The number of unbranched alkanes of at least 4 members (excludes halogenated alkanes) is 1. The largest absolute Gasteiger partial charge is 0.298 e. The molecule has 0 spiro atoms. The molecule has 0 unspecified atom stereocenters. The van der Waals surface area contributed by atoms with Crippen molar-refractivity contribution in [1.82, 2.24) is 5.43 Å². The fraction of sp³-hybridized carbons (Fsp3) is 0.545. The van der Waals surface area contributed by atoms with Crippen LogP contribution in [0.1, 0.15) is 33.6 Å². The number of amides is 1. The maximum atomic E-state index is 11.5. The number of rotatable bonds is 3. The van der Waals surface area contributed by atoms with Crippen LogP contribution < -0.4 is 5.43 Å². The second kappa shape index (κ2) is 4.87. The van der Waals surface area contributed by atoms with Gasteiger partial charge in [-0.05, 0) is 12.3 Å². The van der Waals surface area contributed by atoms with Gasteiger partial charge in [0.05, 0.1) is 17.0 Å². The van der Waals surface area contributed by atoms with Gasteiger partial charge in [-0.15, -0.1) is 0 Å². The number of hydrogen-bond acceptors (Lipinski definition) is 3. The average Bonchev–Trinajstić information content (AvgIpc) is 2.17. The Morgan fingerprint density at radius 3 is 2.73 bits per heavy atom. The summed E-state index contributed by atoms with van der Waals surface area (Å²) in [5.41, 5.74) is 3.81. The first-order chi connectivity index (χ1) is 7.07. The summed E-state index contributed by atoms with van der Waals surface area (Å²) in [6.45, 7) is 5.96. The molecular formula is C11H17N3O. The number of hydrazone groups is 1. The third kappa shape index (κ3) is 2.52. The molecule has 1 amide bonds. The molecule has 0 atom stereocenters. The predicted octanol–water partition coefficient (Wildman–Crippen LogP) is 1.87. The molecule has 82 valence electrons. The van der Waals surface area contributed by atoms with E-state index in [1.807, 2.05) is 26.8 Å². The van der Waals surface area contributed by atoms with E-state index in [4.69, 9.17) is 5.41 Å². The molecule has 1 rings (SSSR count). The minimum Gasteiger partial charge on any atom is -0.298 e. The topological polar surface area (TPSA) is 65.3 Å². The molecule has 0 aromatic carbocycles. The Hall–Kier alpha value is -1.45. The number of nitrogens with one attached hydrogen (secondary N) is 2. The molecule has 1 aliphatic heterocycles. The van der Waals surface area contributed by atoms with Crippen LogP contribution in [0.15, 0.2) is 16.8 Å². The molecule has 0 fully saturated rings. The van der Waals surface area contributed by atoms with Crippen LogP contribution in [0, 0.1) is 11.3 Å². The van der Waals surface area contributed by atoms with Crippen LogP contribution in [-0.2, 0) is 4.79 Å². The van der Waals surface area contributed by atoms with Gasteiger partial charge in [-0.3, -0.25) is 10.2 Å². The van der Waals surface area contributed by atoms with E-state index < -0.39 is 0 Å². The maximum Gasteiger partial charge on any atom is 0.273 e. The van der Waals surface area contributed by atoms with E-state index in [2.05, 4.69) is 10.5 Å². The molecule has 0 radical (unpaired) electrons. The highest BCUT2D eigenvalue weighted by Gasteiger charge is 2.25. The second-order valence-corrected chi connectivity index (χ2v) is 3.87. The summed E-state index contributed by atoms with van der Waals surface area (Å²) in [5, 5.41) is 11.8. The van der Waals surface area contributed by atoms with Gasteiger partial charge in [0.2, 0.25) is 0 Å². The lowest BCUT2D eigenvalue weighted by Gasteiger charge is -2.18. The van der Waals surface area contributed by atoms with Crippen LogP contribution in [-0.4, -0.2) is 17.3 Å². The Bertz CT molecular complexity index is 340. The number of carbonyl (C=O) groups is 1. The van der Waals surface area contributed by atoms with E-state index in [1.54, 1.807) is 0 Å². The van der Waals surface area contributed by atoms with E-state index in [9.17, 15) is 4.79 Å². The summed E-state index contributed by atoms with van der Waals surface area (Å²) < 4.78 is 0. The average molecular weight is 207 g/mol. The Morgan fingerprint density at radius 1 is 1.53 bits per heavy atom. The van der Waals surface area contributed by atoms with Gasteiger partial charge in [0.1, 0.15) is 0 Å². The Labute approximate surface area is 90.0 Å². The van der Waals surface area contributed by atoms with Crippen molar-refractivity contribution in [2.75, 3.05) is 0 Å². The fourth-order valence-corrected chi connectivity index (χ4v) is 1.38. The third-order valence-corrected chi connectivity index (χ3v) is 2.23. The lowest BCUT2D eigenvalue weighted by Crippen LogP contribution is -2.37. The normalized spacial score (nSPS) is 19.5. The van der Waals surface area contributed by atoms with Crippen molar-refractivity contribution >= 4 is 17.3 Å². The molecule has 2 N–H and O–H groups in total. The van der Waals surface area contributed by atoms with Crippen LogP contribution in [0.2, 0.25) is 0 Å². The summed E-state index contributed by atoms with van der Waals surface area (Å²) >= 11 is 0. The quantitative estimate of drug-likeness (QED) is 0.682. The van der Waals surface area contributed by atoms with Crippen LogP contribution in [0.3, 0.4) is 0 Å². The highest BCUT2D eigenvalue weighted by Crippen LogP contribution is 2.12. The first-order valence-electron chi connectivity index (χ1n) is 5.25. The van der Waals surface area contributed by atoms with Gasteiger partial charge in [0, 0.05) is 0 Å². The zero-order valence-electron chi connectivity index (χ0n) is 9.42. The fourth-order valence-electron chi connectivity index (χ4n) is 1.38. The molecule has 1 heterocycles. The number of allylic oxidation sites excluding steroid dienone is 1. The van der Waals surface area contributed by atoms with Gasteiger partial charge in [0.25, 0.3) is 5.91 Å². The first kappa shape index (κ1) is 11.6. The molecule has 0 aromatic rings. The highest BCUT2D eigenvalue weighted by molar-refractivity contribution is 6.54. The molecule has 4 nitrogen and oxygen atoms in total. The zero-order valence-corrected chi connectivity index (χ0v) is 9.42. The summed E-state index contributed by atoms with van der Waals surface area (Å²) in [4.78, 5) is 11.5. The number of nitrogens with zero attached hydrogens (tertiary/aromatic N) is 1. The Morgan fingerprint density at radius 2 is 2.20 bits per heavy atom. The number of hydrogen-bond donors (Lipinski definition) is 2. The molecule has 0 saturated carbocycles.